The van der Waals surface area contributed by atoms with Crippen LogP contribution in [0.4, 0.5) is 5.69 Å². The number of hydrogen-bond donors (Lipinski definition) is 0. The summed E-state index contributed by atoms with van der Waals surface area (Å²) in [6.07, 6.45) is 0. The van der Waals surface area contributed by atoms with E-state index in [1.807, 2.05) is 6.92 Å². The van der Waals surface area contributed by atoms with Crippen molar-refractivity contribution in [3.05, 3.63) is 35.9 Å². The van der Waals surface area contributed by atoms with Crippen LogP contribution in [0.1, 0.15) is 17.3 Å². The molecule has 0 saturated carbocycles. The summed E-state index contributed by atoms with van der Waals surface area (Å²) in [7, 11) is -0.543. The van der Waals surface area contributed by atoms with Crippen molar-refractivity contribution in [1.82, 2.24) is 4.31 Å². The molecule has 0 aromatic heterocycles. The van der Waals surface area contributed by atoms with E-state index >= 15 is 0 Å². The average Bonchev–Trinajstić information content (AvgIpc) is 2.73. The zero-order valence-corrected chi connectivity index (χ0v) is 12.9. The third-order valence-corrected chi connectivity index (χ3v) is 5.69. The van der Waals surface area contributed by atoms with Crippen LogP contribution in [0.15, 0.2) is 35.2 Å². The predicted octanol–water partition coefficient (Wildman–Crippen LogP) is 2.07. The Labute approximate surface area is 123 Å². The number of anilines is 1. The lowest BCUT2D eigenvalue weighted by Gasteiger charge is -2.17. The molecule has 1 heterocycles. The van der Waals surface area contributed by atoms with E-state index in [0.717, 1.165) is 11.1 Å². The van der Waals surface area contributed by atoms with E-state index in [2.05, 4.69) is 0 Å². The molecule has 110 valence electrons. The Bertz CT molecular complexity index is 857. The van der Waals surface area contributed by atoms with E-state index in [-0.39, 0.29) is 10.8 Å². The highest BCUT2D eigenvalue weighted by Crippen LogP contribution is 2.40. The quantitative estimate of drug-likeness (QED) is 0.872. The van der Waals surface area contributed by atoms with Gasteiger partial charge in [-0.05, 0) is 25.1 Å². The summed E-state index contributed by atoms with van der Waals surface area (Å²) in [6.45, 7) is 2.46. The summed E-state index contributed by atoms with van der Waals surface area (Å²) >= 11 is 0. The van der Waals surface area contributed by atoms with Gasteiger partial charge < -0.3 is 4.90 Å². The minimum atomic E-state index is -3.55. The fraction of sp³-hybridized carbons (Fsp3) is 0.267. The highest BCUT2D eigenvalue weighted by atomic mass is 32.2. The van der Waals surface area contributed by atoms with Gasteiger partial charge in [-0.2, -0.15) is 0 Å². The number of benzene rings is 2. The maximum absolute atomic E-state index is 12.4. The second-order valence-corrected chi connectivity index (χ2v) is 7.27. The lowest BCUT2D eigenvalue weighted by Crippen LogP contribution is -2.26. The highest BCUT2D eigenvalue weighted by Gasteiger charge is 2.31. The Morgan fingerprint density at radius 2 is 1.86 bits per heavy atom. The number of nitrogens with zero attached hydrogens (tertiary/aromatic N) is 2. The van der Waals surface area contributed by atoms with Crippen molar-refractivity contribution in [2.75, 3.05) is 25.5 Å². The van der Waals surface area contributed by atoms with Crippen molar-refractivity contribution in [2.45, 2.75) is 11.8 Å². The van der Waals surface area contributed by atoms with E-state index in [1.54, 1.807) is 35.2 Å². The average molecular weight is 304 g/mol. The molecule has 0 N–H and O–H groups in total. The monoisotopic (exact) mass is 304 g/mol. The fourth-order valence-electron chi connectivity index (χ4n) is 2.75. The summed E-state index contributed by atoms with van der Waals surface area (Å²) in [5.41, 5.74) is 1.35. The smallest absolute Gasteiger partial charge is 0.258 e. The molecule has 6 heteroatoms. The van der Waals surface area contributed by atoms with Gasteiger partial charge >= 0.3 is 0 Å². The second kappa shape index (κ2) is 4.54. The number of carbonyl (C=O) groups is 1. The van der Waals surface area contributed by atoms with Crippen molar-refractivity contribution >= 4 is 32.4 Å². The first kappa shape index (κ1) is 14.0. The van der Waals surface area contributed by atoms with Crippen molar-refractivity contribution in [1.29, 1.82) is 0 Å². The molecule has 0 fully saturated rings. The summed E-state index contributed by atoms with van der Waals surface area (Å²) in [5.74, 6) is -0.0718. The van der Waals surface area contributed by atoms with Crippen LogP contribution in [0, 0.1) is 0 Å². The highest BCUT2D eigenvalue weighted by molar-refractivity contribution is 7.89. The van der Waals surface area contributed by atoms with Crippen LogP contribution in [0.3, 0.4) is 0 Å². The molecule has 0 saturated heterocycles. The minimum absolute atomic E-state index is 0.0718. The Kier molecular flexibility index (Phi) is 3.04. The molecule has 2 aromatic carbocycles. The molecule has 1 aliphatic rings. The second-order valence-electron chi connectivity index (χ2n) is 5.15. The van der Waals surface area contributed by atoms with Crippen LogP contribution in [-0.4, -0.2) is 39.3 Å². The molecular formula is C15H16N2O3S. The standard InChI is InChI=1S/C15H16N2O3S/c1-4-17-12-8-9-13(21(19,20)16(2)3)10-6-5-7-11(14(10)12)15(17)18/h5-9H,4H2,1-3H3. The molecule has 21 heavy (non-hydrogen) atoms. The molecule has 2 aromatic rings. The predicted molar refractivity (Wildman–Crippen MR) is 82.2 cm³/mol. The molecule has 0 spiro atoms. The normalized spacial score (nSPS) is 14.5. The van der Waals surface area contributed by atoms with Crippen molar-refractivity contribution in [3.8, 4) is 0 Å². The summed E-state index contributed by atoms with van der Waals surface area (Å²) in [4.78, 5) is 14.3. The molecule has 0 radical (unpaired) electrons. The maximum Gasteiger partial charge on any atom is 0.258 e. The Balaban J connectivity index is 2.41. The first-order valence-electron chi connectivity index (χ1n) is 6.69. The van der Waals surface area contributed by atoms with E-state index < -0.39 is 10.0 Å². The van der Waals surface area contributed by atoms with Gasteiger partial charge in [-0.1, -0.05) is 12.1 Å². The maximum atomic E-state index is 12.4. The molecule has 5 nitrogen and oxygen atoms in total. The Morgan fingerprint density at radius 3 is 2.48 bits per heavy atom. The van der Waals surface area contributed by atoms with Gasteiger partial charge in [0, 0.05) is 37.0 Å². The Hall–Kier alpha value is -1.92. The van der Waals surface area contributed by atoms with Gasteiger partial charge in [-0.3, -0.25) is 4.79 Å². The van der Waals surface area contributed by atoms with Gasteiger partial charge in [-0.15, -0.1) is 0 Å². The molecule has 0 atom stereocenters. The number of hydrogen-bond acceptors (Lipinski definition) is 3. The SMILES string of the molecule is CCN1C(=O)c2cccc3c(S(=O)(=O)N(C)C)ccc1c23. The molecular weight excluding hydrogens is 288 g/mol. The first-order valence-corrected chi connectivity index (χ1v) is 8.13. The zero-order valence-electron chi connectivity index (χ0n) is 12.1. The molecule has 0 aliphatic carbocycles. The summed E-state index contributed by atoms with van der Waals surface area (Å²) in [5, 5.41) is 1.33. The van der Waals surface area contributed by atoms with Crippen LogP contribution in [0.25, 0.3) is 10.8 Å². The van der Waals surface area contributed by atoms with Gasteiger partial charge in [0.15, 0.2) is 0 Å². The first-order chi connectivity index (χ1) is 9.89. The van der Waals surface area contributed by atoms with Gasteiger partial charge in [0.1, 0.15) is 0 Å². The molecule has 3 rings (SSSR count). The number of rotatable bonds is 3. The van der Waals surface area contributed by atoms with Gasteiger partial charge in [0.25, 0.3) is 5.91 Å². The number of amides is 1. The van der Waals surface area contributed by atoms with Crippen molar-refractivity contribution in [2.24, 2.45) is 0 Å². The fourth-order valence-corrected chi connectivity index (χ4v) is 3.84. The number of carbonyl (C=O) groups excluding carboxylic acids is 1. The van der Waals surface area contributed by atoms with Crippen molar-refractivity contribution < 1.29 is 13.2 Å². The largest absolute Gasteiger partial charge is 0.308 e. The van der Waals surface area contributed by atoms with Crippen molar-refractivity contribution in [3.63, 3.8) is 0 Å². The van der Waals surface area contributed by atoms with Gasteiger partial charge in [0.2, 0.25) is 10.0 Å². The minimum Gasteiger partial charge on any atom is -0.308 e. The van der Waals surface area contributed by atoms with Crippen LogP contribution in [0.2, 0.25) is 0 Å². The van der Waals surface area contributed by atoms with Crippen LogP contribution < -0.4 is 4.90 Å². The van der Waals surface area contributed by atoms with Crippen LogP contribution >= 0.6 is 0 Å². The lowest BCUT2D eigenvalue weighted by atomic mass is 10.1. The topological polar surface area (TPSA) is 57.7 Å². The molecule has 0 unspecified atom stereocenters. The molecule has 0 bridgehead atoms. The van der Waals surface area contributed by atoms with E-state index in [1.165, 1.54) is 18.4 Å². The van der Waals surface area contributed by atoms with E-state index in [0.29, 0.717) is 17.5 Å². The molecule has 1 aliphatic heterocycles. The van der Waals surface area contributed by atoms with Gasteiger partial charge in [-0.25, -0.2) is 12.7 Å². The zero-order chi connectivity index (χ0) is 15.4. The van der Waals surface area contributed by atoms with Crippen LogP contribution in [-0.2, 0) is 10.0 Å². The number of sulfonamides is 1. The van der Waals surface area contributed by atoms with Gasteiger partial charge in [0.05, 0.1) is 10.6 Å². The van der Waals surface area contributed by atoms with E-state index in [4.69, 9.17) is 0 Å². The molecule has 1 amide bonds. The third-order valence-electron chi connectivity index (χ3n) is 3.82. The summed E-state index contributed by atoms with van der Waals surface area (Å²) in [6, 6.07) is 8.53. The third kappa shape index (κ3) is 1.79. The lowest BCUT2D eigenvalue weighted by molar-refractivity contribution is 0.0994. The Morgan fingerprint density at radius 1 is 1.14 bits per heavy atom. The van der Waals surface area contributed by atoms with E-state index in [9.17, 15) is 13.2 Å². The van der Waals surface area contributed by atoms with Crippen LogP contribution in [0.5, 0.6) is 0 Å². The summed E-state index contributed by atoms with van der Waals surface area (Å²) < 4.78 is 26.1.